The van der Waals surface area contributed by atoms with Gasteiger partial charge in [-0.25, -0.2) is 0 Å². The lowest BCUT2D eigenvalue weighted by molar-refractivity contribution is -0.0224. The first kappa shape index (κ1) is 18.1. The Kier molecular flexibility index (Phi) is 7.09. The van der Waals surface area contributed by atoms with E-state index >= 15 is 0 Å². The minimum absolute atomic E-state index is 0.559. The fourth-order valence-electron chi connectivity index (χ4n) is 5.12. The van der Waals surface area contributed by atoms with Gasteiger partial charge in [0.05, 0.1) is 0 Å². The van der Waals surface area contributed by atoms with Crippen LogP contribution in [0.2, 0.25) is 0 Å². The van der Waals surface area contributed by atoms with Crippen molar-refractivity contribution in [1.29, 1.82) is 0 Å². The Morgan fingerprint density at radius 2 is 1.70 bits per heavy atom. The summed E-state index contributed by atoms with van der Waals surface area (Å²) < 4.78 is 0. The fourth-order valence-corrected chi connectivity index (χ4v) is 5.12. The third kappa shape index (κ3) is 4.25. The Hall–Kier alpha value is 0. The third-order valence-corrected chi connectivity index (χ3v) is 6.41. The molecule has 0 heterocycles. The van der Waals surface area contributed by atoms with Crippen LogP contribution >= 0.6 is 0 Å². The smallest absolute Gasteiger partial charge is 0.0321 e. The van der Waals surface area contributed by atoms with Gasteiger partial charge in [-0.3, -0.25) is 0 Å². The van der Waals surface area contributed by atoms with Crippen LogP contribution in [0.15, 0.2) is 0 Å². The second-order valence-corrected chi connectivity index (χ2v) is 8.39. The Morgan fingerprint density at radius 1 is 1.05 bits per heavy atom. The van der Waals surface area contributed by atoms with Gasteiger partial charge in [0, 0.05) is 0 Å². The van der Waals surface area contributed by atoms with E-state index in [1.807, 2.05) is 0 Å². The summed E-state index contributed by atoms with van der Waals surface area (Å²) in [7, 11) is 0. The second kappa shape index (κ2) is 7.85. The minimum atomic E-state index is 0.559. The van der Waals surface area contributed by atoms with E-state index in [1.54, 1.807) is 0 Å². The second-order valence-electron chi connectivity index (χ2n) is 8.39. The maximum absolute atomic E-state index is 2.54. The van der Waals surface area contributed by atoms with Gasteiger partial charge in [-0.15, -0.1) is 0 Å². The minimum Gasteiger partial charge on any atom is -0.0654 e. The van der Waals surface area contributed by atoms with Crippen LogP contribution in [-0.4, -0.2) is 0 Å². The summed E-state index contributed by atoms with van der Waals surface area (Å²) in [6, 6.07) is 0. The van der Waals surface area contributed by atoms with Crippen molar-refractivity contribution in [3.8, 4) is 0 Å². The van der Waals surface area contributed by atoms with E-state index < -0.39 is 0 Å². The molecule has 5 atom stereocenters. The first-order valence-corrected chi connectivity index (χ1v) is 9.37. The summed E-state index contributed by atoms with van der Waals surface area (Å²) in [5.74, 6) is 4.75. The fraction of sp³-hybridized carbons (Fsp3) is 1.00. The number of rotatable bonds is 7. The van der Waals surface area contributed by atoms with Crippen LogP contribution in [-0.2, 0) is 0 Å². The third-order valence-electron chi connectivity index (χ3n) is 6.41. The summed E-state index contributed by atoms with van der Waals surface area (Å²) in [4.78, 5) is 0. The Labute approximate surface area is 129 Å². The van der Waals surface area contributed by atoms with Crippen molar-refractivity contribution in [2.75, 3.05) is 0 Å². The molecule has 0 aromatic rings. The molecule has 0 radical (unpaired) electrons. The van der Waals surface area contributed by atoms with Gasteiger partial charge >= 0.3 is 0 Å². The molecule has 1 aliphatic carbocycles. The van der Waals surface area contributed by atoms with Crippen molar-refractivity contribution >= 4 is 0 Å². The van der Waals surface area contributed by atoms with E-state index in [2.05, 4.69) is 48.5 Å². The lowest BCUT2D eigenvalue weighted by Gasteiger charge is -2.52. The summed E-state index contributed by atoms with van der Waals surface area (Å²) in [6.45, 7) is 17.2. The highest BCUT2D eigenvalue weighted by atomic mass is 14.5. The quantitative estimate of drug-likeness (QED) is 0.474. The zero-order valence-corrected chi connectivity index (χ0v) is 15.3. The van der Waals surface area contributed by atoms with Crippen molar-refractivity contribution in [3.05, 3.63) is 0 Å². The Morgan fingerprint density at radius 3 is 2.20 bits per heavy atom. The SMILES string of the molecule is CCCC1C(CC)C(CCC(C)CC)C(C)CC1(C)C. The van der Waals surface area contributed by atoms with E-state index in [4.69, 9.17) is 0 Å². The predicted octanol–water partition coefficient (Wildman–Crippen LogP) is 6.94. The molecule has 0 nitrogen and oxygen atoms in total. The molecule has 20 heavy (non-hydrogen) atoms. The highest BCUT2D eigenvalue weighted by Gasteiger charge is 2.45. The van der Waals surface area contributed by atoms with Crippen LogP contribution in [0.4, 0.5) is 0 Å². The van der Waals surface area contributed by atoms with Gasteiger partial charge in [0.25, 0.3) is 0 Å². The van der Waals surface area contributed by atoms with E-state index in [0.29, 0.717) is 5.41 Å². The number of hydrogen-bond donors (Lipinski definition) is 0. The van der Waals surface area contributed by atoms with Gasteiger partial charge in [0.1, 0.15) is 0 Å². The van der Waals surface area contributed by atoms with Gasteiger partial charge in [0.15, 0.2) is 0 Å². The van der Waals surface area contributed by atoms with Crippen molar-refractivity contribution in [1.82, 2.24) is 0 Å². The van der Waals surface area contributed by atoms with Crippen LogP contribution in [0.1, 0.15) is 93.4 Å². The van der Waals surface area contributed by atoms with Crippen LogP contribution in [0.25, 0.3) is 0 Å². The number of hydrogen-bond acceptors (Lipinski definition) is 0. The van der Waals surface area contributed by atoms with Crippen molar-refractivity contribution in [2.45, 2.75) is 93.4 Å². The standard InChI is InChI=1S/C20H40/c1-8-11-19-17(10-3)18(13-12-15(4)9-2)16(5)14-20(19,6)7/h15-19H,8-14H2,1-7H3. The molecule has 1 saturated carbocycles. The van der Waals surface area contributed by atoms with Crippen molar-refractivity contribution in [3.63, 3.8) is 0 Å². The average molecular weight is 281 g/mol. The molecule has 0 bridgehead atoms. The van der Waals surface area contributed by atoms with Gasteiger partial charge in [0.2, 0.25) is 0 Å². The van der Waals surface area contributed by atoms with Crippen LogP contribution in [0, 0.1) is 35.0 Å². The summed E-state index contributed by atoms with van der Waals surface area (Å²) in [5.41, 5.74) is 0.559. The molecule has 0 aromatic heterocycles. The molecule has 0 aliphatic heterocycles. The van der Waals surface area contributed by atoms with Gasteiger partial charge in [-0.2, -0.15) is 0 Å². The van der Waals surface area contributed by atoms with E-state index in [-0.39, 0.29) is 0 Å². The molecule has 0 aromatic carbocycles. The van der Waals surface area contributed by atoms with Crippen LogP contribution in [0.3, 0.4) is 0 Å². The van der Waals surface area contributed by atoms with Gasteiger partial charge in [-0.1, -0.05) is 74.1 Å². The van der Waals surface area contributed by atoms with Gasteiger partial charge < -0.3 is 0 Å². The normalized spacial score (nSPS) is 35.0. The molecular weight excluding hydrogens is 240 g/mol. The van der Waals surface area contributed by atoms with Crippen LogP contribution < -0.4 is 0 Å². The largest absolute Gasteiger partial charge is 0.0654 e. The summed E-state index contributed by atoms with van der Waals surface area (Å²) in [6.07, 6.45) is 9.91. The molecule has 0 amide bonds. The molecular formula is C20H40. The molecule has 1 rings (SSSR count). The molecule has 0 spiro atoms. The van der Waals surface area contributed by atoms with Gasteiger partial charge in [-0.05, 0) is 54.3 Å². The molecule has 1 aliphatic rings. The topological polar surface area (TPSA) is 0 Å². The first-order valence-electron chi connectivity index (χ1n) is 9.37. The zero-order chi connectivity index (χ0) is 15.3. The average Bonchev–Trinajstić information content (AvgIpc) is 2.39. The lowest BCUT2D eigenvalue weighted by Crippen LogP contribution is -2.43. The monoisotopic (exact) mass is 280 g/mol. The molecule has 1 fully saturated rings. The summed E-state index contributed by atoms with van der Waals surface area (Å²) >= 11 is 0. The first-order chi connectivity index (χ1) is 9.37. The summed E-state index contributed by atoms with van der Waals surface area (Å²) in [5, 5.41) is 0. The molecule has 0 N–H and O–H groups in total. The van der Waals surface area contributed by atoms with E-state index in [0.717, 1.165) is 29.6 Å². The van der Waals surface area contributed by atoms with Crippen molar-refractivity contribution < 1.29 is 0 Å². The highest BCUT2D eigenvalue weighted by molar-refractivity contribution is 4.94. The molecule has 120 valence electrons. The van der Waals surface area contributed by atoms with E-state index in [9.17, 15) is 0 Å². The Balaban J connectivity index is 2.81. The molecule has 5 unspecified atom stereocenters. The highest BCUT2D eigenvalue weighted by Crippen LogP contribution is 2.53. The molecule has 0 saturated heterocycles. The maximum Gasteiger partial charge on any atom is -0.0321 e. The predicted molar refractivity (Wildman–Crippen MR) is 91.9 cm³/mol. The van der Waals surface area contributed by atoms with Crippen LogP contribution in [0.5, 0.6) is 0 Å². The molecule has 0 heteroatoms. The Bertz CT molecular complexity index is 265. The van der Waals surface area contributed by atoms with Crippen molar-refractivity contribution in [2.24, 2.45) is 35.0 Å². The van der Waals surface area contributed by atoms with E-state index in [1.165, 1.54) is 44.9 Å². The lowest BCUT2D eigenvalue weighted by atomic mass is 9.54. The zero-order valence-electron chi connectivity index (χ0n) is 15.3. The maximum atomic E-state index is 2.54.